The number of carbonyl (C=O) groups excluding carboxylic acids is 3. The second kappa shape index (κ2) is 7.94. The van der Waals surface area contributed by atoms with Gasteiger partial charge in [0.05, 0.1) is 0 Å². The number of fused-ring (bicyclic) bond motifs is 2. The van der Waals surface area contributed by atoms with Gasteiger partial charge in [-0.05, 0) is 62.3 Å². The lowest BCUT2D eigenvalue weighted by Gasteiger charge is -2.29. The fourth-order valence-corrected chi connectivity index (χ4v) is 5.33. The highest BCUT2D eigenvalue weighted by Gasteiger charge is 2.43. The average Bonchev–Trinajstić information content (AvgIpc) is 3.38. The summed E-state index contributed by atoms with van der Waals surface area (Å²) in [6.45, 7) is 1.86. The zero-order valence-corrected chi connectivity index (χ0v) is 16.4. The van der Waals surface area contributed by atoms with Crippen molar-refractivity contribution in [1.29, 1.82) is 0 Å². The van der Waals surface area contributed by atoms with Crippen LogP contribution in [0.2, 0.25) is 0 Å². The Hall–Kier alpha value is -2.37. The quantitative estimate of drug-likeness (QED) is 0.710. The number of amides is 4. The van der Waals surface area contributed by atoms with Gasteiger partial charge in [-0.2, -0.15) is 0 Å². The number of benzene rings is 1. The first-order valence-corrected chi connectivity index (χ1v) is 10.5. The lowest BCUT2D eigenvalue weighted by molar-refractivity contribution is -0.132. The molecule has 2 saturated carbocycles. The predicted octanol–water partition coefficient (Wildman–Crippen LogP) is 2.48. The van der Waals surface area contributed by atoms with Crippen LogP contribution in [0.1, 0.15) is 44.6 Å². The third kappa shape index (κ3) is 3.91. The minimum atomic E-state index is -0.552. The number of imide groups is 1. The Balaban J connectivity index is 1.27. The second-order valence-corrected chi connectivity index (χ2v) is 8.65. The molecule has 0 spiro atoms. The maximum atomic E-state index is 12.6. The van der Waals surface area contributed by atoms with Crippen molar-refractivity contribution in [3.8, 4) is 0 Å². The summed E-state index contributed by atoms with van der Waals surface area (Å²) in [4.78, 5) is 38.3. The summed E-state index contributed by atoms with van der Waals surface area (Å²) < 4.78 is 0. The van der Waals surface area contributed by atoms with Gasteiger partial charge in [0.2, 0.25) is 5.91 Å². The third-order valence-electron chi connectivity index (χ3n) is 6.80. The van der Waals surface area contributed by atoms with Gasteiger partial charge in [0, 0.05) is 6.04 Å². The molecule has 1 heterocycles. The highest BCUT2D eigenvalue weighted by molar-refractivity contribution is 6.06. The molecule has 3 aliphatic rings. The number of hydrogen-bond donors (Lipinski definition) is 2. The Morgan fingerprint density at radius 3 is 2.68 bits per heavy atom. The second-order valence-electron chi connectivity index (χ2n) is 8.65. The largest absolute Gasteiger partial charge is 0.352 e. The summed E-state index contributed by atoms with van der Waals surface area (Å²) in [7, 11) is 0. The first-order chi connectivity index (χ1) is 13.5. The van der Waals surface area contributed by atoms with Gasteiger partial charge < -0.3 is 10.6 Å². The number of rotatable bonds is 7. The third-order valence-corrected chi connectivity index (χ3v) is 6.80. The van der Waals surface area contributed by atoms with Gasteiger partial charge in [0.25, 0.3) is 5.91 Å². The Kier molecular flexibility index (Phi) is 5.38. The molecule has 28 heavy (non-hydrogen) atoms. The molecule has 2 aliphatic carbocycles. The smallest absolute Gasteiger partial charge is 0.325 e. The van der Waals surface area contributed by atoms with E-state index in [1.165, 1.54) is 25.7 Å². The van der Waals surface area contributed by atoms with Crippen LogP contribution in [0.25, 0.3) is 0 Å². The van der Waals surface area contributed by atoms with Crippen LogP contribution in [0.3, 0.4) is 0 Å². The topological polar surface area (TPSA) is 78.5 Å². The van der Waals surface area contributed by atoms with E-state index in [-0.39, 0.29) is 24.4 Å². The fraction of sp³-hybridized carbons (Fsp3) is 0.591. The van der Waals surface area contributed by atoms with Crippen molar-refractivity contribution in [2.75, 3.05) is 6.54 Å². The highest BCUT2D eigenvalue weighted by Crippen LogP contribution is 2.49. The molecule has 4 amide bonds. The summed E-state index contributed by atoms with van der Waals surface area (Å²) in [5.74, 6) is 1.53. The summed E-state index contributed by atoms with van der Waals surface area (Å²) >= 11 is 0. The molecule has 2 bridgehead atoms. The maximum Gasteiger partial charge on any atom is 0.325 e. The molecule has 2 N–H and O–H groups in total. The van der Waals surface area contributed by atoms with Gasteiger partial charge >= 0.3 is 6.03 Å². The first kappa shape index (κ1) is 19.0. The van der Waals surface area contributed by atoms with Gasteiger partial charge in [-0.15, -0.1) is 0 Å². The minimum absolute atomic E-state index is 0.0949. The summed E-state index contributed by atoms with van der Waals surface area (Å²) in [6.07, 6.45) is 6.32. The molecular formula is C22H29N3O3. The molecule has 3 fully saturated rings. The summed E-state index contributed by atoms with van der Waals surface area (Å²) in [5, 5.41) is 5.75. The summed E-state index contributed by atoms with van der Waals surface area (Å²) in [5.41, 5.74) is 1.13. The van der Waals surface area contributed by atoms with E-state index in [4.69, 9.17) is 0 Å². The van der Waals surface area contributed by atoms with Crippen LogP contribution in [0.15, 0.2) is 30.3 Å². The van der Waals surface area contributed by atoms with Gasteiger partial charge in [-0.25, -0.2) is 4.79 Å². The van der Waals surface area contributed by atoms with Crippen molar-refractivity contribution < 1.29 is 14.4 Å². The molecule has 150 valence electrons. The van der Waals surface area contributed by atoms with Crippen LogP contribution in [0, 0.1) is 17.8 Å². The molecule has 5 atom stereocenters. The highest BCUT2D eigenvalue weighted by atomic mass is 16.2. The molecule has 0 aromatic heterocycles. The van der Waals surface area contributed by atoms with E-state index >= 15 is 0 Å². The number of carbonyl (C=O) groups is 3. The number of aryl methyl sites for hydroxylation is 1. The van der Waals surface area contributed by atoms with Crippen LogP contribution < -0.4 is 10.6 Å². The number of hydrogen-bond acceptors (Lipinski definition) is 3. The van der Waals surface area contributed by atoms with Gasteiger partial charge in [-0.3, -0.25) is 14.5 Å². The maximum absolute atomic E-state index is 12.6. The van der Waals surface area contributed by atoms with E-state index in [1.54, 1.807) is 0 Å². The van der Waals surface area contributed by atoms with Gasteiger partial charge in [0.15, 0.2) is 0 Å². The van der Waals surface area contributed by atoms with Crippen LogP contribution >= 0.6 is 0 Å². The Bertz CT molecular complexity index is 751. The minimum Gasteiger partial charge on any atom is -0.352 e. The summed E-state index contributed by atoms with van der Waals surface area (Å²) in [6, 6.07) is 8.94. The number of nitrogens with one attached hydrogen (secondary N) is 2. The van der Waals surface area contributed by atoms with E-state index in [1.807, 2.05) is 30.3 Å². The molecule has 1 saturated heterocycles. The molecule has 0 radical (unpaired) electrons. The van der Waals surface area contributed by atoms with Crippen molar-refractivity contribution in [3.63, 3.8) is 0 Å². The van der Waals surface area contributed by atoms with E-state index in [0.29, 0.717) is 18.8 Å². The molecule has 0 unspecified atom stereocenters. The Morgan fingerprint density at radius 2 is 2.00 bits per heavy atom. The first-order valence-electron chi connectivity index (χ1n) is 10.5. The SMILES string of the molecule is C[C@H](NC(=O)CN1C(=O)N[C@@H](CCc2ccccc2)C1=O)[C@@H]1C[C@H]2CC[C@H]1C2. The van der Waals surface area contributed by atoms with E-state index < -0.39 is 12.1 Å². The normalized spacial score (nSPS) is 29.8. The van der Waals surface area contributed by atoms with Crippen molar-refractivity contribution in [2.24, 2.45) is 17.8 Å². The van der Waals surface area contributed by atoms with Crippen LogP contribution in [0.5, 0.6) is 0 Å². The molecule has 1 aromatic rings. The Labute approximate surface area is 166 Å². The van der Waals surface area contributed by atoms with Crippen molar-refractivity contribution in [3.05, 3.63) is 35.9 Å². The zero-order chi connectivity index (χ0) is 19.7. The molecule has 6 nitrogen and oxygen atoms in total. The van der Waals surface area contributed by atoms with Crippen LogP contribution in [-0.2, 0) is 16.0 Å². The number of nitrogens with zero attached hydrogens (tertiary/aromatic N) is 1. The van der Waals surface area contributed by atoms with E-state index in [0.717, 1.165) is 22.3 Å². The molecule has 1 aromatic carbocycles. The molecule has 6 heteroatoms. The molecule has 1 aliphatic heterocycles. The average molecular weight is 383 g/mol. The Morgan fingerprint density at radius 1 is 1.21 bits per heavy atom. The van der Waals surface area contributed by atoms with E-state index in [2.05, 4.69) is 17.6 Å². The van der Waals surface area contributed by atoms with Gasteiger partial charge in [-0.1, -0.05) is 36.8 Å². The monoisotopic (exact) mass is 383 g/mol. The van der Waals surface area contributed by atoms with Crippen molar-refractivity contribution in [2.45, 2.75) is 57.5 Å². The lowest BCUT2D eigenvalue weighted by Crippen LogP contribution is -2.46. The van der Waals surface area contributed by atoms with Gasteiger partial charge in [0.1, 0.15) is 12.6 Å². The van der Waals surface area contributed by atoms with Crippen molar-refractivity contribution >= 4 is 17.8 Å². The molecule has 4 rings (SSSR count). The van der Waals surface area contributed by atoms with Crippen LogP contribution in [-0.4, -0.2) is 41.4 Å². The number of urea groups is 1. The molecular weight excluding hydrogens is 354 g/mol. The lowest BCUT2D eigenvalue weighted by atomic mass is 9.84. The van der Waals surface area contributed by atoms with E-state index in [9.17, 15) is 14.4 Å². The van der Waals surface area contributed by atoms with Crippen LogP contribution in [0.4, 0.5) is 4.79 Å². The standard InChI is InChI=1S/C22H29N3O3/c1-14(18-12-16-7-9-17(18)11-16)23-20(26)13-25-21(27)19(24-22(25)28)10-8-15-5-3-2-4-6-15/h2-6,14,16-19H,7-13H2,1H3,(H,23,26)(H,24,28)/t14-,16-,17-,18-,19-/m0/s1. The predicted molar refractivity (Wildman–Crippen MR) is 105 cm³/mol. The zero-order valence-electron chi connectivity index (χ0n) is 16.4. The van der Waals surface area contributed by atoms with Crippen molar-refractivity contribution in [1.82, 2.24) is 15.5 Å². The fourth-order valence-electron chi connectivity index (χ4n) is 5.33.